The Labute approximate surface area is 204 Å². The molecular weight excluding hydrogens is 454 g/mol. The molecule has 2 aromatic rings. The number of benzene rings is 2. The highest BCUT2D eigenvalue weighted by Gasteiger charge is 2.31. The quantitative estimate of drug-likeness (QED) is 0.615. The molecular formula is C25H28ClN5O3. The first kappa shape index (κ1) is 23.9. The van der Waals surface area contributed by atoms with Gasteiger partial charge in [-0.1, -0.05) is 23.7 Å². The Morgan fingerprint density at radius 3 is 2.65 bits per heavy atom. The summed E-state index contributed by atoms with van der Waals surface area (Å²) in [5.74, 6) is -0.246. The van der Waals surface area contributed by atoms with Crippen molar-refractivity contribution in [3.8, 4) is 11.8 Å². The number of phenols is 1. The van der Waals surface area contributed by atoms with E-state index < -0.39 is 0 Å². The number of phenolic OH excluding ortho intramolecular Hbond substituents is 1. The Hall–Kier alpha value is -3.28. The molecule has 2 heterocycles. The smallest absolute Gasteiger partial charge is 0.236 e. The summed E-state index contributed by atoms with van der Waals surface area (Å²) in [6.07, 6.45) is 1.08. The topological polar surface area (TPSA) is 99.9 Å². The largest absolute Gasteiger partial charge is 0.506 e. The summed E-state index contributed by atoms with van der Waals surface area (Å²) in [7, 11) is 0. The van der Waals surface area contributed by atoms with Gasteiger partial charge in [-0.05, 0) is 48.9 Å². The number of amides is 2. The lowest BCUT2D eigenvalue weighted by atomic mass is 10.1. The summed E-state index contributed by atoms with van der Waals surface area (Å²) in [4.78, 5) is 31.7. The number of aromatic hydroxyl groups is 1. The monoisotopic (exact) mass is 481 g/mol. The second-order valence-corrected chi connectivity index (χ2v) is 9.16. The minimum atomic E-state index is -0.196. The normalized spacial score (nSPS) is 18.5. The van der Waals surface area contributed by atoms with E-state index in [4.69, 9.17) is 16.9 Å². The summed E-state index contributed by atoms with van der Waals surface area (Å²) in [6.45, 7) is 4.36. The van der Waals surface area contributed by atoms with Crippen molar-refractivity contribution >= 4 is 34.8 Å². The molecule has 0 saturated carbocycles. The second kappa shape index (κ2) is 10.8. The van der Waals surface area contributed by atoms with Gasteiger partial charge in [-0.25, -0.2) is 0 Å². The average Bonchev–Trinajstić information content (AvgIpc) is 3.31. The van der Waals surface area contributed by atoms with Crippen molar-refractivity contribution in [2.24, 2.45) is 5.92 Å². The molecule has 2 aromatic carbocycles. The Bertz CT molecular complexity index is 1090. The van der Waals surface area contributed by atoms with Crippen molar-refractivity contribution in [1.29, 1.82) is 5.26 Å². The lowest BCUT2D eigenvalue weighted by molar-refractivity contribution is -0.132. The summed E-state index contributed by atoms with van der Waals surface area (Å²) in [5.41, 5.74) is 2.63. The molecule has 8 nitrogen and oxygen atoms in total. The van der Waals surface area contributed by atoms with Gasteiger partial charge in [-0.3, -0.25) is 14.5 Å². The molecule has 4 rings (SSSR count). The van der Waals surface area contributed by atoms with Gasteiger partial charge in [0.05, 0.1) is 30.0 Å². The summed E-state index contributed by atoms with van der Waals surface area (Å²) >= 11 is 5.91. The lowest BCUT2D eigenvalue weighted by Gasteiger charge is -2.37. The zero-order valence-electron chi connectivity index (χ0n) is 18.9. The molecule has 178 valence electrons. The van der Waals surface area contributed by atoms with Gasteiger partial charge in [0.25, 0.3) is 0 Å². The van der Waals surface area contributed by atoms with Gasteiger partial charge < -0.3 is 20.2 Å². The minimum absolute atomic E-state index is 0.0291. The van der Waals surface area contributed by atoms with Crippen LogP contribution in [0.4, 0.5) is 11.4 Å². The number of nitriles is 1. The van der Waals surface area contributed by atoms with Gasteiger partial charge in [0.15, 0.2) is 0 Å². The van der Waals surface area contributed by atoms with Crippen LogP contribution in [0.5, 0.6) is 5.75 Å². The highest BCUT2D eigenvalue weighted by molar-refractivity contribution is 6.32. The van der Waals surface area contributed by atoms with E-state index in [0.29, 0.717) is 51.3 Å². The van der Waals surface area contributed by atoms with Crippen molar-refractivity contribution in [3.05, 3.63) is 53.1 Å². The van der Waals surface area contributed by atoms with Crippen LogP contribution in [0.3, 0.4) is 0 Å². The van der Waals surface area contributed by atoms with E-state index in [1.54, 1.807) is 6.07 Å². The van der Waals surface area contributed by atoms with Crippen LogP contribution in [-0.4, -0.2) is 72.5 Å². The predicted molar refractivity (Wildman–Crippen MR) is 131 cm³/mol. The van der Waals surface area contributed by atoms with Crippen molar-refractivity contribution < 1.29 is 14.7 Å². The number of carbonyl (C=O) groups excluding carboxylic acids is 2. The molecule has 2 N–H and O–H groups in total. The highest BCUT2D eigenvalue weighted by atomic mass is 35.5. The first-order chi connectivity index (χ1) is 16.4. The molecule has 0 bridgehead atoms. The maximum atomic E-state index is 12.9. The molecule has 34 heavy (non-hydrogen) atoms. The molecule has 0 unspecified atom stereocenters. The number of nitrogens with one attached hydrogen (secondary N) is 1. The number of hydrogen-bond acceptors (Lipinski definition) is 6. The maximum absolute atomic E-state index is 12.9. The first-order valence-electron chi connectivity index (χ1n) is 11.4. The van der Waals surface area contributed by atoms with Gasteiger partial charge in [-0.15, -0.1) is 0 Å². The van der Waals surface area contributed by atoms with Crippen LogP contribution in [0.1, 0.15) is 12.0 Å². The molecule has 2 amide bonds. The molecule has 0 spiro atoms. The Morgan fingerprint density at radius 2 is 1.91 bits per heavy atom. The Morgan fingerprint density at radius 1 is 1.12 bits per heavy atom. The molecule has 1 atom stereocenters. The SMILES string of the molecule is N#CCc1cccc(N2CCN(C(=O)CN3CC[C@@H](C(=O)Nc4ccc(O)c(Cl)c4)C3)CC2)c1. The second-order valence-electron chi connectivity index (χ2n) is 8.75. The van der Waals surface area contributed by atoms with Crippen LogP contribution in [0, 0.1) is 17.2 Å². The van der Waals surface area contributed by atoms with E-state index in [9.17, 15) is 14.7 Å². The van der Waals surface area contributed by atoms with E-state index in [1.807, 2.05) is 34.1 Å². The predicted octanol–water partition coefficient (Wildman–Crippen LogP) is 2.72. The van der Waals surface area contributed by atoms with E-state index in [1.165, 1.54) is 12.1 Å². The number of carbonyl (C=O) groups is 2. The highest BCUT2D eigenvalue weighted by Crippen LogP contribution is 2.27. The molecule has 2 fully saturated rings. The zero-order valence-corrected chi connectivity index (χ0v) is 19.7. The summed E-state index contributed by atoms with van der Waals surface area (Å²) in [6, 6.07) is 14.8. The standard InChI is InChI=1S/C25H28ClN5O3/c26-22-15-20(4-5-23(22)32)28-25(34)19-7-9-29(16-19)17-24(33)31-12-10-30(11-13-31)21-3-1-2-18(14-21)6-8-27/h1-5,14-15,19,32H,6-7,9-13,16-17H2,(H,28,34)/t19-/m1/s1. The third-order valence-corrected chi connectivity index (χ3v) is 6.71. The van der Waals surface area contributed by atoms with Gasteiger partial charge in [0, 0.05) is 44.1 Å². The first-order valence-corrected chi connectivity index (χ1v) is 11.8. The van der Waals surface area contributed by atoms with Crippen LogP contribution in [-0.2, 0) is 16.0 Å². The Kier molecular flexibility index (Phi) is 7.56. The summed E-state index contributed by atoms with van der Waals surface area (Å²) in [5, 5.41) is 21.5. The number of halogens is 1. The Balaban J connectivity index is 1.23. The van der Waals surface area contributed by atoms with Gasteiger partial charge in [-0.2, -0.15) is 5.26 Å². The zero-order chi connectivity index (χ0) is 24.1. The molecule has 0 radical (unpaired) electrons. The summed E-state index contributed by atoms with van der Waals surface area (Å²) < 4.78 is 0. The van der Waals surface area contributed by atoms with Crippen molar-refractivity contribution in [2.75, 3.05) is 56.0 Å². The van der Waals surface area contributed by atoms with E-state index in [0.717, 1.165) is 24.3 Å². The van der Waals surface area contributed by atoms with Gasteiger partial charge in [0.2, 0.25) is 11.8 Å². The van der Waals surface area contributed by atoms with Gasteiger partial charge in [0.1, 0.15) is 5.75 Å². The average molecular weight is 482 g/mol. The van der Waals surface area contributed by atoms with Crippen molar-refractivity contribution in [3.63, 3.8) is 0 Å². The number of likely N-dealkylation sites (tertiary alicyclic amines) is 1. The third-order valence-electron chi connectivity index (χ3n) is 6.41. The number of rotatable bonds is 6. The number of nitrogens with zero attached hydrogens (tertiary/aromatic N) is 4. The molecule has 2 aliphatic heterocycles. The van der Waals surface area contributed by atoms with Gasteiger partial charge >= 0.3 is 0 Å². The fourth-order valence-electron chi connectivity index (χ4n) is 4.48. The fraction of sp³-hybridized carbons (Fsp3) is 0.400. The number of piperazine rings is 1. The van der Waals surface area contributed by atoms with Crippen molar-refractivity contribution in [2.45, 2.75) is 12.8 Å². The third kappa shape index (κ3) is 5.79. The van der Waals surface area contributed by atoms with Crippen molar-refractivity contribution in [1.82, 2.24) is 9.80 Å². The van der Waals surface area contributed by atoms with E-state index >= 15 is 0 Å². The molecule has 0 aliphatic carbocycles. The van der Waals surface area contributed by atoms with Crippen LogP contribution in [0.2, 0.25) is 5.02 Å². The van der Waals surface area contributed by atoms with Crippen LogP contribution >= 0.6 is 11.6 Å². The maximum Gasteiger partial charge on any atom is 0.236 e. The molecule has 2 aliphatic rings. The van der Waals surface area contributed by atoms with E-state index in [2.05, 4.69) is 16.3 Å². The van der Waals surface area contributed by atoms with E-state index in [-0.39, 0.29) is 28.5 Å². The molecule has 0 aromatic heterocycles. The number of hydrogen-bond donors (Lipinski definition) is 2. The van der Waals surface area contributed by atoms with Crippen LogP contribution in [0.15, 0.2) is 42.5 Å². The minimum Gasteiger partial charge on any atom is -0.506 e. The lowest BCUT2D eigenvalue weighted by Crippen LogP contribution is -2.51. The van der Waals surface area contributed by atoms with Crippen LogP contribution in [0.25, 0.3) is 0 Å². The number of anilines is 2. The fourth-order valence-corrected chi connectivity index (χ4v) is 4.66. The molecule has 2 saturated heterocycles. The van der Waals surface area contributed by atoms with Crippen LogP contribution < -0.4 is 10.2 Å². The molecule has 9 heteroatoms.